The summed E-state index contributed by atoms with van der Waals surface area (Å²) in [7, 11) is 0. The third-order valence-electron chi connectivity index (χ3n) is 2.32. The summed E-state index contributed by atoms with van der Waals surface area (Å²) in [5.41, 5.74) is 1.09. The zero-order valence-corrected chi connectivity index (χ0v) is 10.7. The van der Waals surface area contributed by atoms with E-state index < -0.39 is 5.97 Å². The lowest BCUT2D eigenvalue weighted by Crippen LogP contribution is -2.08. The second kappa shape index (κ2) is 5.59. The van der Waals surface area contributed by atoms with E-state index in [0.29, 0.717) is 12.4 Å². The number of aromatic carboxylic acids is 1. The van der Waals surface area contributed by atoms with Crippen molar-refractivity contribution in [2.75, 3.05) is 11.9 Å². The fourth-order valence-corrected chi connectivity index (χ4v) is 2.14. The Morgan fingerprint density at radius 3 is 2.94 bits per heavy atom. The molecule has 2 aromatic rings. The van der Waals surface area contributed by atoms with Gasteiger partial charge in [-0.25, -0.2) is 14.8 Å². The van der Waals surface area contributed by atoms with Crippen molar-refractivity contribution >= 4 is 23.1 Å². The molecule has 0 fully saturated rings. The van der Waals surface area contributed by atoms with Gasteiger partial charge in [0.2, 0.25) is 0 Å². The van der Waals surface area contributed by atoms with Crippen LogP contribution in [0, 0.1) is 6.92 Å². The maximum atomic E-state index is 10.8. The van der Waals surface area contributed by atoms with Crippen LogP contribution in [0.2, 0.25) is 0 Å². The summed E-state index contributed by atoms with van der Waals surface area (Å²) in [6, 6.07) is 4.89. The molecule has 2 aromatic heterocycles. The van der Waals surface area contributed by atoms with E-state index in [1.54, 1.807) is 23.5 Å². The third-order valence-corrected chi connectivity index (χ3v) is 3.14. The van der Waals surface area contributed by atoms with Crippen LogP contribution in [-0.4, -0.2) is 27.6 Å². The second-order valence-corrected chi connectivity index (χ2v) is 4.81. The molecule has 2 N–H and O–H groups in total. The van der Waals surface area contributed by atoms with E-state index >= 15 is 0 Å². The molecule has 0 radical (unpaired) electrons. The van der Waals surface area contributed by atoms with E-state index in [9.17, 15) is 4.79 Å². The largest absolute Gasteiger partial charge is 0.477 e. The minimum atomic E-state index is -1.02. The summed E-state index contributed by atoms with van der Waals surface area (Å²) in [5, 5.41) is 15.0. The normalized spacial score (nSPS) is 10.3. The second-order valence-electron chi connectivity index (χ2n) is 3.75. The van der Waals surface area contributed by atoms with E-state index in [1.165, 1.54) is 6.07 Å². The van der Waals surface area contributed by atoms with Gasteiger partial charge in [-0.3, -0.25) is 0 Å². The number of aromatic nitrogens is 2. The average Bonchev–Trinajstić information content (AvgIpc) is 2.75. The molecule has 0 saturated carbocycles. The molecule has 0 bridgehead atoms. The van der Waals surface area contributed by atoms with E-state index in [1.807, 2.05) is 12.3 Å². The number of hydrogen-bond donors (Lipinski definition) is 2. The van der Waals surface area contributed by atoms with Gasteiger partial charge in [0.1, 0.15) is 5.82 Å². The van der Waals surface area contributed by atoms with Crippen molar-refractivity contribution in [3.63, 3.8) is 0 Å². The molecule has 5 nitrogen and oxygen atoms in total. The quantitative estimate of drug-likeness (QED) is 0.865. The highest BCUT2D eigenvalue weighted by atomic mass is 32.1. The fraction of sp³-hybridized carbons (Fsp3) is 0.250. The maximum Gasteiger partial charge on any atom is 0.354 e. The molecule has 0 aliphatic heterocycles. The van der Waals surface area contributed by atoms with Crippen LogP contribution in [0.5, 0.6) is 0 Å². The number of pyridine rings is 1. The number of nitrogens with zero attached hydrogens (tertiary/aromatic N) is 2. The highest BCUT2D eigenvalue weighted by molar-refractivity contribution is 7.09. The lowest BCUT2D eigenvalue weighted by Gasteiger charge is -2.04. The summed E-state index contributed by atoms with van der Waals surface area (Å²) in [6.07, 6.45) is 0.795. The van der Waals surface area contributed by atoms with Crippen LogP contribution < -0.4 is 5.32 Å². The summed E-state index contributed by atoms with van der Waals surface area (Å²) in [4.78, 5) is 19.1. The molecule has 0 atom stereocenters. The van der Waals surface area contributed by atoms with Crippen molar-refractivity contribution < 1.29 is 9.90 Å². The Labute approximate surface area is 109 Å². The van der Waals surface area contributed by atoms with Gasteiger partial charge in [-0.2, -0.15) is 0 Å². The summed E-state index contributed by atoms with van der Waals surface area (Å²) >= 11 is 1.62. The van der Waals surface area contributed by atoms with Gasteiger partial charge in [0, 0.05) is 18.3 Å². The van der Waals surface area contributed by atoms with E-state index in [0.717, 1.165) is 17.1 Å². The number of rotatable bonds is 5. The number of nitrogens with one attached hydrogen (secondary N) is 1. The molecule has 94 valence electrons. The lowest BCUT2D eigenvalue weighted by molar-refractivity contribution is 0.0690. The molecule has 0 amide bonds. The van der Waals surface area contributed by atoms with Crippen LogP contribution in [-0.2, 0) is 6.42 Å². The van der Waals surface area contributed by atoms with Crippen molar-refractivity contribution in [2.24, 2.45) is 0 Å². The van der Waals surface area contributed by atoms with Gasteiger partial charge in [0.05, 0.1) is 10.7 Å². The Balaban J connectivity index is 1.90. The standard InChI is InChI=1S/C12H13N3O2S/c1-8-14-9(7-18-8)5-6-13-11-4-2-3-10(15-11)12(16)17/h2-4,7H,5-6H2,1H3,(H,13,15)(H,16,17). The Hall–Kier alpha value is -1.95. The van der Waals surface area contributed by atoms with Crippen molar-refractivity contribution in [3.05, 3.63) is 40.0 Å². The van der Waals surface area contributed by atoms with Gasteiger partial charge in [0.25, 0.3) is 0 Å². The molecule has 0 unspecified atom stereocenters. The maximum absolute atomic E-state index is 10.8. The van der Waals surface area contributed by atoms with Gasteiger partial charge < -0.3 is 10.4 Å². The van der Waals surface area contributed by atoms with Crippen molar-refractivity contribution in [1.82, 2.24) is 9.97 Å². The number of anilines is 1. The van der Waals surface area contributed by atoms with Crippen molar-refractivity contribution in [1.29, 1.82) is 0 Å². The van der Waals surface area contributed by atoms with Gasteiger partial charge >= 0.3 is 5.97 Å². The average molecular weight is 263 g/mol. The lowest BCUT2D eigenvalue weighted by atomic mass is 10.3. The molecule has 2 rings (SSSR count). The topological polar surface area (TPSA) is 75.1 Å². The SMILES string of the molecule is Cc1nc(CCNc2cccc(C(=O)O)n2)cs1. The van der Waals surface area contributed by atoms with Crippen LogP contribution in [0.25, 0.3) is 0 Å². The molecular formula is C12H13N3O2S. The molecule has 0 aliphatic rings. The summed E-state index contributed by atoms with van der Waals surface area (Å²) < 4.78 is 0. The van der Waals surface area contributed by atoms with Crippen LogP contribution in [0.15, 0.2) is 23.6 Å². The molecule has 0 saturated heterocycles. The fourth-order valence-electron chi connectivity index (χ4n) is 1.49. The Kier molecular flexibility index (Phi) is 3.88. The molecule has 18 heavy (non-hydrogen) atoms. The number of carboxylic acids is 1. The monoisotopic (exact) mass is 263 g/mol. The minimum Gasteiger partial charge on any atom is -0.477 e. The first kappa shape index (κ1) is 12.5. The van der Waals surface area contributed by atoms with E-state index in [-0.39, 0.29) is 5.69 Å². The summed E-state index contributed by atoms with van der Waals surface area (Å²) in [6.45, 7) is 2.65. The van der Waals surface area contributed by atoms with Crippen molar-refractivity contribution in [3.8, 4) is 0 Å². The number of aryl methyl sites for hydroxylation is 1. The van der Waals surface area contributed by atoms with Crippen molar-refractivity contribution in [2.45, 2.75) is 13.3 Å². The predicted octanol–water partition coefficient (Wildman–Crippen LogP) is 2.20. The number of thiazole rings is 1. The van der Waals surface area contributed by atoms with E-state index in [2.05, 4.69) is 15.3 Å². The first-order valence-electron chi connectivity index (χ1n) is 5.50. The number of hydrogen-bond acceptors (Lipinski definition) is 5. The van der Waals surface area contributed by atoms with Crippen LogP contribution in [0.4, 0.5) is 5.82 Å². The molecule has 2 heterocycles. The van der Waals surface area contributed by atoms with Crippen LogP contribution >= 0.6 is 11.3 Å². The highest BCUT2D eigenvalue weighted by Crippen LogP contribution is 2.09. The number of carbonyl (C=O) groups is 1. The Morgan fingerprint density at radius 2 is 2.28 bits per heavy atom. The predicted molar refractivity (Wildman–Crippen MR) is 70.2 cm³/mol. The molecule has 0 spiro atoms. The van der Waals surface area contributed by atoms with Gasteiger partial charge in [-0.15, -0.1) is 11.3 Å². The van der Waals surface area contributed by atoms with Gasteiger partial charge in [-0.05, 0) is 19.1 Å². The minimum absolute atomic E-state index is 0.0458. The highest BCUT2D eigenvalue weighted by Gasteiger charge is 2.04. The van der Waals surface area contributed by atoms with Gasteiger partial charge in [-0.1, -0.05) is 6.07 Å². The summed E-state index contributed by atoms with van der Waals surface area (Å²) in [5.74, 6) is -0.448. The van der Waals surface area contributed by atoms with E-state index in [4.69, 9.17) is 5.11 Å². The molecule has 6 heteroatoms. The smallest absolute Gasteiger partial charge is 0.354 e. The Bertz CT molecular complexity index is 554. The third kappa shape index (κ3) is 3.27. The first-order chi connectivity index (χ1) is 8.65. The zero-order chi connectivity index (χ0) is 13.0. The molecule has 0 aliphatic carbocycles. The van der Waals surface area contributed by atoms with Gasteiger partial charge in [0.15, 0.2) is 5.69 Å². The number of carboxylic acid groups (broad SMARTS) is 1. The molecular weight excluding hydrogens is 250 g/mol. The molecule has 0 aromatic carbocycles. The van der Waals surface area contributed by atoms with Crippen LogP contribution in [0.1, 0.15) is 21.2 Å². The van der Waals surface area contributed by atoms with Crippen LogP contribution in [0.3, 0.4) is 0 Å². The Morgan fingerprint density at radius 1 is 1.44 bits per heavy atom. The zero-order valence-electron chi connectivity index (χ0n) is 9.88. The first-order valence-corrected chi connectivity index (χ1v) is 6.38.